The fourth-order valence-electron chi connectivity index (χ4n) is 1.91. The summed E-state index contributed by atoms with van der Waals surface area (Å²) in [6, 6.07) is 5.79. The van der Waals surface area contributed by atoms with Crippen molar-refractivity contribution in [1.29, 1.82) is 0 Å². The first-order valence-corrected chi connectivity index (χ1v) is 6.97. The van der Waals surface area contributed by atoms with Crippen LogP contribution in [-0.4, -0.2) is 34.6 Å². The first-order chi connectivity index (χ1) is 11.6. The number of alkyl halides is 3. The Morgan fingerprint density at radius 3 is 2.40 bits per heavy atom. The summed E-state index contributed by atoms with van der Waals surface area (Å²) in [5.74, 6) is -1.45. The Kier molecular flexibility index (Phi) is 5.30. The van der Waals surface area contributed by atoms with Gasteiger partial charge in [0, 0.05) is 13.1 Å². The topological polar surface area (TPSA) is 82.5 Å². The lowest BCUT2D eigenvalue weighted by Crippen LogP contribution is -2.22. The molecule has 2 aromatic rings. The molecule has 1 N–H and O–H groups in total. The Balaban J connectivity index is 1.87. The van der Waals surface area contributed by atoms with E-state index in [9.17, 15) is 22.8 Å². The van der Waals surface area contributed by atoms with Crippen LogP contribution in [0.3, 0.4) is 0 Å². The Morgan fingerprint density at radius 1 is 1.24 bits per heavy atom. The number of esters is 1. The summed E-state index contributed by atoms with van der Waals surface area (Å²) in [4.78, 5) is 23.5. The number of hydrogen-bond acceptors (Lipinski definition) is 5. The van der Waals surface area contributed by atoms with Crippen LogP contribution in [0.4, 0.5) is 19.0 Å². The third kappa shape index (κ3) is 5.52. The highest BCUT2D eigenvalue weighted by Gasteiger charge is 2.31. The van der Waals surface area contributed by atoms with Crippen LogP contribution in [0.25, 0.3) is 0 Å². The maximum absolute atomic E-state index is 12.1. The Bertz CT molecular complexity index is 769. The van der Waals surface area contributed by atoms with Crippen molar-refractivity contribution in [1.82, 2.24) is 9.78 Å². The van der Waals surface area contributed by atoms with Gasteiger partial charge in [-0.1, -0.05) is 0 Å². The van der Waals surface area contributed by atoms with Crippen molar-refractivity contribution in [3.8, 4) is 5.75 Å². The van der Waals surface area contributed by atoms with Crippen LogP contribution >= 0.6 is 0 Å². The van der Waals surface area contributed by atoms with E-state index in [1.54, 1.807) is 20.0 Å². The van der Waals surface area contributed by atoms with Crippen LogP contribution in [0.15, 0.2) is 30.3 Å². The number of aryl methyl sites for hydroxylation is 2. The van der Waals surface area contributed by atoms with Crippen LogP contribution in [-0.2, 0) is 16.6 Å². The summed E-state index contributed by atoms with van der Waals surface area (Å²) in [7, 11) is 1.64. The van der Waals surface area contributed by atoms with E-state index < -0.39 is 30.6 Å². The number of ether oxygens (including phenoxy) is 2. The molecule has 0 aliphatic heterocycles. The number of amides is 1. The van der Waals surface area contributed by atoms with Crippen molar-refractivity contribution < 1.29 is 32.2 Å². The number of anilines is 1. The van der Waals surface area contributed by atoms with Gasteiger partial charge < -0.3 is 14.8 Å². The molecule has 0 saturated carbocycles. The molecule has 0 fully saturated rings. The van der Waals surface area contributed by atoms with Gasteiger partial charge in [0.2, 0.25) is 0 Å². The zero-order valence-corrected chi connectivity index (χ0v) is 13.3. The van der Waals surface area contributed by atoms with Gasteiger partial charge in [0.15, 0.2) is 6.61 Å². The van der Waals surface area contributed by atoms with Gasteiger partial charge in [0.1, 0.15) is 11.6 Å². The summed E-state index contributed by atoms with van der Waals surface area (Å²) < 4.78 is 46.1. The summed E-state index contributed by atoms with van der Waals surface area (Å²) in [6.45, 7) is 1.20. The van der Waals surface area contributed by atoms with Gasteiger partial charge in [-0.05, 0) is 31.2 Å². The average Bonchev–Trinajstić information content (AvgIpc) is 2.81. The number of carbonyl (C=O) groups is 2. The van der Waals surface area contributed by atoms with Gasteiger partial charge in [-0.3, -0.25) is 9.48 Å². The molecule has 7 nitrogen and oxygen atoms in total. The normalized spacial score (nSPS) is 11.1. The number of nitrogens with one attached hydrogen (secondary N) is 1. The smallest absolute Gasteiger partial charge is 0.452 e. The van der Waals surface area contributed by atoms with Crippen molar-refractivity contribution >= 4 is 17.7 Å². The fourth-order valence-corrected chi connectivity index (χ4v) is 1.91. The highest BCUT2D eigenvalue weighted by atomic mass is 19.4. The van der Waals surface area contributed by atoms with Crippen LogP contribution in [0.5, 0.6) is 5.75 Å². The van der Waals surface area contributed by atoms with Gasteiger partial charge in [-0.25, -0.2) is 4.79 Å². The van der Waals surface area contributed by atoms with Crippen molar-refractivity contribution in [2.45, 2.75) is 13.3 Å². The fraction of sp³-hybridized carbons (Fsp3) is 0.267. The molecule has 0 radical (unpaired) electrons. The highest BCUT2D eigenvalue weighted by molar-refractivity contribution is 5.95. The molecule has 0 spiro atoms. The summed E-state index contributed by atoms with van der Waals surface area (Å²) in [5.41, 5.74) is 0.690. The molecule has 0 atom stereocenters. The molecule has 10 heteroatoms. The van der Waals surface area contributed by atoms with Crippen molar-refractivity contribution in [2.24, 2.45) is 7.05 Å². The molecular formula is C15H14F3N3O4. The molecule has 0 bridgehead atoms. The van der Waals surface area contributed by atoms with Gasteiger partial charge in [-0.15, -0.1) is 13.2 Å². The van der Waals surface area contributed by atoms with E-state index in [1.165, 1.54) is 4.68 Å². The third-order valence-electron chi connectivity index (χ3n) is 2.93. The molecule has 2 rings (SSSR count). The number of aromatic nitrogens is 2. The molecule has 1 aromatic carbocycles. The average molecular weight is 357 g/mol. The quantitative estimate of drug-likeness (QED) is 0.831. The molecule has 0 saturated heterocycles. The predicted octanol–water partition coefficient (Wildman–Crippen LogP) is 2.42. The minimum atomic E-state index is -4.82. The van der Waals surface area contributed by atoms with Crippen molar-refractivity contribution in [2.75, 3.05) is 11.9 Å². The largest absolute Gasteiger partial charge is 0.573 e. The van der Waals surface area contributed by atoms with Crippen LogP contribution in [0.1, 0.15) is 16.1 Å². The molecule has 0 aliphatic rings. The Morgan fingerprint density at radius 2 is 1.88 bits per heavy atom. The van der Waals surface area contributed by atoms with E-state index in [2.05, 4.69) is 15.2 Å². The summed E-state index contributed by atoms with van der Waals surface area (Å²) >= 11 is 0. The maximum Gasteiger partial charge on any atom is 0.573 e. The number of hydrogen-bond donors (Lipinski definition) is 1. The molecule has 1 amide bonds. The lowest BCUT2D eigenvalue weighted by molar-refractivity contribution is -0.274. The molecule has 25 heavy (non-hydrogen) atoms. The first kappa shape index (κ1) is 18.3. The summed E-state index contributed by atoms with van der Waals surface area (Å²) in [6.07, 6.45) is -4.82. The Hall–Kier alpha value is -3.04. The van der Waals surface area contributed by atoms with E-state index in [0.29, 0.717) is 11.5 Å². The highest BCUT2D eigenvalue weighted by Crippen LogP contribution is 2.22. The number of halogens is 3. The monoisotopic (exact) mass is 357 g/mol. The standard InChI is InChI=1S/C15H14F3N3O4/c1-9-7-12(21(2)20-9)19-13(22)8-24-14(23)10-3-5-11(6-4-10)25-15(16,17)18/h3-7H,8H2,1-2H3,(H,19,22). The number of carbonyl (C=O) groups excluding carboxylic acids is 2. The van der Waals surface area contributed by atoms with Crippen LogP contribution < -0.4 is 10.1 Å². The molecule has 0 aliphatic carbocycles. The predicted molar refractivity (Wildman–Crippen MR) is 80.0 cm³/mol. The summed E-state index contributed by atoms with van der Waals surface area (Å²) in [5, 5.41) is 6.55. The number of rotatable bonds is 5. The first-order valence-electron chi connectivity index (χ1n) is 6.97. The van der Waals surface area contributed by atoms with E-state index in [1.807, 2.05) is 0 Å². The van der Waals surface area contributed by atoms with E-state index >= 15 is 0 Å². The minimum absolute atomic E-state index is 0.0151. The molecule has 0 unspecified atom stereocenters. The second kappa shape index (κ2) is 7.24. The zero-order chi connectivity index (χ0) is 18.6. The van der Waals surface area contributed by atoms with Crippen molar-refractivity contribution in [3.63, 3.8) is 0 Å². The van der Waals surface area contributed by atoms with Crippen LogP contribution in [0.2, 0.25) is 0 Å². The number of benzene rings is 1. The zero-order valence-electron chi connectivity index (χ0n) is 13.3. The lowest BCUT2D eigenvalue weighted by atomic mass is 10.2. The van der Waals surface area contributed by atoms with Gasteiger partial charge >= 0.3 is 12.3 Å². The van der Waals surface area contributed by atoms with Gasteiger partial charge in [-0.2, -0.15) is 5.10 Å². The van der Waals surface area contributed by atoms with Crippen molar-refractivity contribution in [3.05, 3.63) is 41.6 Å². The molecule has 1 heterocycles. The van der Waals surface area contributed by atoms with Gasteiger partial charge in [0.25, 0.3) is 5.91 Å². The van der Waals surface area contributed by atoms with E-state index in [4.69, 9.17) is 4.74 Å². The lowest BCUT2D eigenvalue weighted by Gasteiger charge is -2.09. The molecule has 134 valence electrons. The second-order valence-corrected chi connectivity index (χ2v) is 4.99. The number of nitrogens with zero attached hydrogens (tertiary/aromatic N) is 2. The minimum Gasteiger partial charge on any atom is -0.452 e. The SMILES string of the molecule is Cc1cc(NC(=O)COC(=O)c2ccc(OC(F)(F)F)cc2)n(C)n1. The van der Waals surface area contributed by atoms with Gasteiger partial charge in [0.05, 0.1) is 11.3 Å². The second-order valence-electron chi connectivity index (χ2n) is 4.99. The maximum atomic E-state index is 12.1. The van der Waals surface area contributed by atoms with E-state index in [0.717, 1.165) is 24.3 Å². The molecule has 1 aromatic heterocycles. The Labute approximate surface area is 140 Å². The molecular weight excluding hydrogens is 343 g/mol. The third-order valence-corrected chi connectivity index (χ3v) is 2.93. The van der Waals surface area contributed by atoms with Crippen LogP contribution in [0, 0.1) is 6.92 Å². The van der Waals surface area contributed by atoms with E-state index in [-0.39, 0.29) is 5.56 Å².